The fourth-order valence-corrected chi connectivity index (χ4v) is 3.81. The molecule has 1 heterocycles. The molecule has 0 N–H and O–H groups in total. The normalized spacial score (nSPS) is 10.7. The van der Waals surface area contributed by atoms with E-state index in [1.54, 1.807) is 16.2 Å². The van der Waals surface area contributed by atoms with Crippen molar-refractivity contribution in [1.29, 1.82) is 0 Å². The van der Waals surface area contributed by atoms with Crippen molar-refractivity contribution in [1.82, 2.24) is 9.88 Å². The third kappa shape index (κ3) is 4.92. The number of carbonyl (C=O) groups excluding carboxylic acids is 2. The Hall–Kier alpha value is -2.73. The lowest BCUT2D eigenvalue weighted by atomic mass is 10.1. The molecule has 0 bridgehead atoms. The van der Waals surface area contributed by atoms with Crippen molar-refractivity contribution in [2.75, 3.05) is 13.7 Å². The number of methoxy groups -OCH3 is 1. The van der Waals surface area contributed by atoms with Gasteiger partial charge < -0.3 is 9.64 Å². The van der Waals surface area contributed by atoms with Crippen LogP contribution in [0.15, 0.2) is 48.5 Å². The molecule has 1 aromatic heterocycles. The van der Waals surface area contributed by atoms with Gasteiger partial charge in [0.25, 0.3) is 0 Å². The van der Waals surface area contributed by atoms with Crippen LogP contribution >= 0.6 is 11.3 Å². The molecule has 0 spiro atoms. The van der Waals surface area contributed by atoms with E-state index in [0.29, 0.717) is 19.4 Å². The van der Waals surface area contributed by atoms with Gasteiger partial charge in [-0.3, -0.25) is 9.59 Å². The van der Waals surface area contributed by atoms with Crippen LogP contribution in [0.1, 0.15) is 22.6 Å². The number of hydrogen-bond acceptors (Lipinski definition) is 5. The quantitative estimate of drug-likeness (QED) is 0.584. The maximum atomic E-state index is 12.8. The van der Waals surface area contributed by atoms with E-state index in [9.17, 15) is 9.59 Å². The van der Waals surface area contributed by atoms with E-state index in [1.807, 2.05) is 55.5 Å². The van der Waals surface area contributed by atoms with Gasteiger partial charge in [0, 0.05) is 19.4 Å². The van der Waals surface area contributed by atoms with Crippen LogP contribution in [0.4, 0.5) is 0 Å². The Morgan fingerprint density at radius 3 is 2.59 bits per heavy atom. The topological polar surface area (TPSA) is 59.5 Å². The van der Waals surface area contributed by atoms with Gasteiger partial charge in [0.05, 0.1) is 22.3 Å². The maximum Gasteiger partial charge on any atom is 0.325 e. The highest BCUT2D eigenvalue weighted by molar-refractivity contribution is 7.18. The van der Waals surface area contributed by atoms with Gasteiger partial charge in [0.2, 0.25) is 5.91 Å². The molecule has 27 heavy (non-hydrogen) atoms. The summed E-state index contributed by atoms with van der Waals surface area (Å²) < 4.78 is 5.88. The monoisotopic (exact) mass is 382 g/mol. The highest BCUT2D eigenvalue weighted by atomic mass is 32.1. The minimum absolute atomic E-state index is 0.0521. The second-order valence-corrected chi connectivity index (χ2v) is 7.44. The van der Waals surface area contributed by atoms with Crippen LogP contribution in [0, 0.1) is 6.92 Å². The zero-order valence-corrected chi connectivity index (χ0v) is 16.3. The summed E-state index contributed by atoms with van der Waals surface area (Å²) >= 11 is 1.60. The van der Waals surface area contributed by atoms with Crippen molar-refractivity contribution in [2.45, 2.75) is 26.3 Å². The van der Waals surface area contributed by atoms with E-state index in [2.05, 4.69) is 4.98 Å². The van der Waals surface area contributed by atoms with Gasteiger partial charge in [-0.2, -0.15) is 0 Å². The first kappa shape index (κ1) is 19.0. The number of para-hydroxylation sites is 1. The summed E-state index contributed by atoms with van der Waals surface area (Å²) in [6, 6.07) is 15.8. The van der Waals surface area contributed by atoms with Crippen LogP contribution in [0.5, 0.6) is 0 Å². The van der Waals surface area contributed by atoms with Gasteiger partial charge in [-0.1, -0.05) is 36.4 Å². The van der Waals surface area contributed by atoms with Crippen LogP contribution in [0.2, 0.25) is 0 Å². The smallest absolute Gasteiger partial charge is 0.325 e. The molecule has 0 atom stereocenters. The first-order chi connectivity index (χ1) is 13.1. The second-order valence-electron chi connectivity index (χ2n) is 6.33. The number of fused-ring (bicyclic) bond motifs is 1. The number of rotatable bonds is 7. The van der Waals surface area contributed by atoms with Gasteiger partial charge in [-0.15, -0.1) is 11.3 Å². The molecule has 0 aliphatic heterocycles. The molecule has 0 saturated heterocycles. The Morgan fingerprint density at radius 1 is 1.11 bits per heavy atom. The SMILES string of the molecule is COC(=O)CN(Cc1ccccc1C)C(=O)CCc1nc2ccccc2s1. The lowest BCUT2D eigenvalue weighted by molar-refractivity contribution is -0.147. The van der Waals surface area contributed by atoms with Gasteiger partial charge in [0.1, 0.15) is 6.54 Å². The number of carbonyl (C=O) groups is 2. The summed E-state index contributed by atoms with van der Waals surface area (Å²) in [5.74, 6) is -0.500. The number of nitrogens with zero attached hydrogens (tertiary/aromatic N) is 2. The van der Waals surface area contributed by atoms with E-state index in [4.69, 9.17) is 4.74 Å². The Kier molecular flexibility index (Phi) is 6.19. The van der Waals surface area contributed by atoms with E-state index in [1.165, 1.54) is 7.11 Å². The number of benzene rings is 2. The van der Waals surface area contributed by atoms with Crippen molar-refractivity contribution in [3.8, 4) is 0 Å². The molecule has 0 saturated carbocycles. The summed E-state index contributed by atoms with van der Waals surface area (Å²) in [6.45, 7) is 2.33. The number of hydrogen-bond donors (Lipinski definition) is 0. The van der Waals surface area contributed by atoms with Crippen molar-refractivity contribution < 1.29 is 14.3 Å². The minimum Gasteiger partial charge on any atom is -0.468 e. The predicted molar refractivity (Wildman–Crippen MR) is 107 cm³/mol. The second kappa shape index (κ2) is 8.77. The molecule has 140 valence electrons. The van der Waals surface area contributed by atoms with Gasteiger partial charge >= 0.3 is 5.97 Å². The zero-order chi connectivity index (χ0) is 19.2. The molecule has 3 rings (SSSR count). The van der Waals surface area contributed by atoms with Crippen LogP contribution in [0.3, 0.4) is 0 Å². The number of aryl methyl sites for hydroxylation is 2. The molecule has 0 aliphatic carbocycles. The summed E-state index contributed by atoms with van der Waals surface area (Å²) in [6.07, 6.45) is 0.867. The molecule has 1 amide bonds. The summed E-state index contributed by atoms with van der Waals surface area (Å²) in [5.41, 5.74) is 3.07. The Labute approximate surface area is 162 Å². The molecule has 6 heteroatoms. The highest BCUT2D eigenvalue weighted by Crippen LogP contribution is 2.23. The fourth-order valence-electron chi connectivity index (χ4n) is 2.84. The van der Waals surface area contributed by atoms with E-state index in [0.717, 1.165) is 26.4 Å². The van der Waals surface area contributed by atoms with Crippen molar-refractivity contribution in [3.63, 3.8) is 0 Å². The summed E-state index contributed by atoms with van der Waals surface area (Å²) in [5, 5.41) is 0.929. The lowest BCUT2D eigenvalue weighted by Gasteiger charge is -2.22. The summed E-state index contributed by atoms with van der Waals surface area (Å²) in [7, 11) is 1.33. The highest BCUT2D eigenvalue weighted by Gasteiger charge is 2.19. The molecule has 5 nitrogen and oxygen atoms in total. The minimum atomic E-state index is -0.420. The number of ether oxygens (including phenoxy) is 1. The predicted octanol–water partition coefficient (Wildman–Crippen LogP) is 3.74. The molecular weight excluding hydrogens is 360 g/mol. The third-order valence-electron chi connectivity index (χ3n) is 4.41. The zero-order valence-electron chi connectivity index (χ0n) is 15.5. The van der Waals surface area contributed by atoms with Crippen molar-refractivity contribution in [2.24, 2.45) is 0 Å². The van der Waals surface area contributed by atoms with Gasteiger partial charge in [0.15, 0.2) is 0 Å². The molecule has 2 aromatic carbocycles. The molecule has 0 aliphatic rings. The molecule has 0 radical (unpaired) electrons. The van der Waals surface area contributed by atoms with E-state index >= 15 is 0 Å². The number of aromatic nitrogens is 1. The van der Waals surface area contributed by atoms with E-state index < -0.39 is 5.97 Å². The lowest BCUT2D eigenvalue weighted by Crippen LogP contribution is -2.36. The average Bonchev–Trinajstić information content (AvgIpc) is 3.10. The Bertz CT molecular complexity index is 918. The van der Waals surface area contributed by atoms with Crippen LogP contribution < -0.4 is 0 Å². The average molecular weight is 382 g/mol. The van der Waals surface area contributed by atoms with Gasteiger partial charge in [-0.05, 0) is 30.2 Å². The number of esters is 1. The molecule has 0 fully saturated rings. The first-order valence-corrected chi connectivity index (χ1v) is 9.62. The van der Waals surface area contributed by atoms with Crippen LogP contribution in [0.25, 0.3) is 10.2 Å². The Balaban J connectivity index is 1.69. The standard InChI is InChI=1S/C21H22N2O3S/c1-15-7-3-4-8-16(15)13-23(14-21(25)26-2)20(24)12-11-19-22-17-9-5-6-10-18(17)27-19/h3-10H,11-14H2,1-2H3. The first-order valence-electron chi connectivity index (χ1n) is 8.80. The van der Waals surface area contributed by atoms with E-state index in [-0.39, 0.29) is 12.5 Å². The van der Waals surface area contributed by atoms with Crippen LogP contribution in [-0.4, -0.2) is 35.4 Å². The third-order valence-corrected chi connectivity index (χ3v) is 5.51. The summed E-state index contributed by atoms with van der Waals surface area (Å²) in [4.78, 5) is 30.7. The maximum absolute atomic E-state index is 12.8. The van der Waals surface area contributed by atoms with Gasteiger partial charge in [-0.25, -0.2) is 4.98 Å². The number of thiazole rings is 1. The molecular formula is C21H22N2O3S. The van der Waals surface area contributed by atoms with Crippen LogP contribution in [-0.2, 0) is 27.3 Å². The van der Waals surface area contributed by atoms with Crippen molar-refractivity contribution >= 4 is 33.4 Å². The largest absolute Gasteiger partial charge is 0.468 e. The number of amides is 1. The van der Waals surface area contributed by atoms with Crippen molar-refractivity contribution in [3.05, 3.63) is 64.7 Å². The molecule has 3 aromatic rings. The Morgan fingerprint density at radius 2 is 1.85 bits per heavy atom. The fraction of sp³-hybridized carbons (Fsp3) is 0.286. The molecule has 0 unspecified atom stereocenters.